The maximum Gasteiger partial charge on any atom is 0.416 e. The van der Waals surface area contributed by atoms with Gasteiger partial charge in [-0.2, -0.15) is 23.3 Å². The SMILES string of the molecule is Cc1nc2nc(C)c(C(=O)Nc3cccc(C(F)(F)F)c3)cn2n1. The molecular weight excluding hydrogens is 323 g/mol. The quantitative estimate of drug-likeness (QED) is 0.781. The molecule has 0 unspecified atom stereocenters. The van der Waals surface area contributed by atoms with E-state index in [0.717, 1.165) is 12.1 Å². The number of hydrogen-bond donors (Lipinski definition) is 1. The molecule has 3 rings (SSSR count). The van der Waals surface area contributed by atoms with Crippen LogP contribution in [0, 0.1) is 13.8 Å². The molecule has 2 heterocycles. The van der Waals surface area contributed by atoms with Crippen molar-refractivity contribution in [1.29, 1.82) is 0 Å². The highest BCUT2D eigenvalue weighted by Crippen LogP contribution is 2.30. The Labute approximate surface area is 134 Å². The Morgan fingerprint density at radius 1 is 1.21 bits per heavy atom. The Hall–Kier alpha value is -2.97. The van der Waals surface area contributed by atoms with E-state index in [9.17, 15) is 18.0 Å². The zero-order chi connectivity index (χ0) is 17.5. The lowest BCUT2D eigenvalue weighted by Gasteiger charge is -2.10. The van der Waals surface area contributed by atoms with E-state index in [1.807, 2.05) is 0 Å². The van der Waals surface area contributed by atoms with E-state index >= 15 is 0 Å². The number of alkyl halides is 3. The Morgan fingerprint density at radius 2 is 1.96 bits per heavy atom. The molecule has 0 radical (unpaired) electrons. The zero-order valence-corrected chi connectivity index (χ0v) is 12.7. The largest absolute Gasteiger partial charge is 0.416 e. The fourth-order valence-corrected chi connectivity index (χ4v) is 2.20. The fraction of sp³-hybridized carbons (Fsp3) is 0.200. The summed E-state index contributed by atoms with van der Waals surface area (Å²) >= 11 is 0. The molecule has 3 aromatic rings. The summed E-state index contributed by atoms with van der Waals surface area (Å²) < 4.78 is 39.5. The van der Waals surface area contributed by atoms with Crippen LogP contribution in [0.4, 0.5) is 18.9 Å². The van der Waals surface area contributed by atoms with Crippen LogP contribution in [0.25, 0.3) is 5.78 Å². The summed E-state index contributed by atoms with van der Waals surface area (Å²) in [5.74, 6) is 0.271. The van der Waals surface area contributed by atoms with Gasteiger partial charge in [0.15, 0.2) is 0 Å². The molecule has 124 valence electrons. The van der Waals surface area contributed by atoms with Crippen LogP contribution in [0.5, 0.6) is 0 Å². The van der Waals surface area contributed by atoms with Crippen LogP contribution >= 0.6 is 0 Å². The third kappa shape index (κ3) is 3.05. The van der Waals surface area contributed by atoms with Crippen LogP contribution in [0.2, 0.25) is 0 Å². The van der Waals surface area contributed by atoms with E-state index in [4.69, 9.17) is 0 Å². The standard InChI is InChI=1S/C15H12F3N5O/c1-8-12(7-23-14(19-8)20-9(2)22-23)13(24)21-11-5-3-4-10(6-11)15(16,17)18/h3-7H,1-2H3,(H,21,24). The molecule has 9 heteroatoms. The van der Waals surface area contributed by atoms with Crippen molar-refractivity contribution in [3.8, 4) is 0 Å². The van der Waals surface area contributed by atoms with E-state index in [1.165, 1.54) is 22.8 Å². The molecule has 1 aromatic carbocycles. The lowest BCUT2D eigenvalue weighted by Crippen LogP contribution is -2.16. The summed E-state index contributed by atoms with van der Waals surface area (Å²) in [6.45, 7) is 3.30. The first-order valence-electron chi connectivity index (χ1n) is 6.93. The molecule has 6 nitrogen and oxygen atoms in total. The summed E-state index contributed by atoms with van der Waals surface area (Å²) in [7, 11) is 0. The number of benzene rings is 1. The lowest BCUT2D eigenvalue weighted by atomic mass is 10.1. The number of halogens is 3. The first-order chi connectivity index (χ1) is 11.2. The fourth-order valence-electron chi connectivity index (χ4n) is 2.20. The topological polar surface area (TPSA) is 72.2 Å². The van der Waals surface area contributed by atoms with Crippen molar-refractivity contribution in [3.63, 3.8) is 0 Å². The highest BCUT2D eigenvalue weighted by Gasteiger charge is 2.30. The van der Waals surface area contributed by atoms with E-state index in [1.54, 1.807) is 13.8 Å². The number of amides is 1. The normalized spacial score (nSPS) is 11.7. The summed E-state index contributed by atoms with van der Waals surface area (Å²) in [4.78, 5) is 20.6. The van der Waals surface area contributed by atoms with Crippen LogP contribution < -0.4 is 5.32 Å². The zero-order valence-electron chi connectivity index (χ0n) is 12.7. The lowest BCUT2D eigenvalue weighted by molar-refractivity contribution is -0.137. The smallest absolute Gasteiger partial charge is 0.322 e. The van der Waals surface area contributed by atoms with Crippen LogP contribution in [0.3, 0.4) is 0 Å². The molecule has 0 saturated carbocycles. The molecule has 0 saturated heterocycles. The van der Waals surface area contributed by atoms with Crippen LogP contribution in [-0.4, -0.2) is 25.5 Å². The molecule has 0 bridgehead atoms. The summed E-state index contributed by atoms with van der Waals surface area (Å²) in [5, 5.41) is 6.51. The third-order valence-electron chi connectivity index (χ3n) is 3.32. The summed E-state index contributed by atoms with van der Waals surface area (Å²) in [5.41, 5.74) is -0.189. The van der Waals surface area contributed by atoms with Gasteiger partial charge in [-0.1, -0.05) is 6.07 Å². The number of anilines is 1. The van der Waals surface area contributed by atoms with Gasteiger partial charge in [0.25, 0.3) is 11.7 Å². The number of nitrogens with one attached hydrogen (secondary N) is 1. The Kier molecular flexibility index (Phi) is 3.70. The average Bonchev–Trinajstić information content (AvgIpc) is 2.84. The average molecular weight is 335 g/mol. The van der Waals surface area contributed by atoms with Gasteiger partial charge in [-0.15, -0.1) is 0 Å². The van der Waals surface area contributed by atoms with Gasteiger partial charge in [0.05, 0.1) is 16.8 Å². The van der Waals surface area contributed by atoms with E-state index in [-0.39, 0.29) is 11.3 Å². The molecule has 0 aliphatic heterocycles. The maximum absolute atomic E-state index is 12.7. The highest BCUT2D eigenvalue weighted by atomic mass is 19.4. The second-order valence-electron chi connectivity index (χ2n) is 5.18. The Bertz CT molecular complexity index is 932. The minimum absolute atomic E-state index is 0.0455. The minimum Gasteiger partial charge on any atom is -0.322 e. The van der Waals surface area contributed by atoms with E-state index in [2.05, 4.69) is 20.4 Å². The number of fused-ring (bicyclic) bond motifs is 1. The van der Waals surface area contributed by atoms with Gasteiger partial charge in [0.1, 0.15) is 5.82 Å². The van der Waals surface area contributed by atoms with Crippen molar-refractivity contribution in [3.05, 3.63) is 53.1 Å². The molecule has 1 N–H and O–H groups in total. The second kappa shape index (κ2) is 5.59. The van der Waals surface area contributed by atoms with Crippen molar-refractivity contribution in [2.45, 2.75) is 20.0 Å². The predicted molar refractivity (Wildman–Crippen MR) is 79.7 cm³/mol. The molecule has 0 aliphatic carbocycles. The van der Waals surface area contributed by atoms with Crippen molar-refractivity contribution in [2.24, 2.45) is 0 Å². The van der Waals surface area contributed by atoms with Crippen molar-refractivity contribution < 1.29 is 18.0 Å². The van der Waals surface area contributed by atoms with Gasteiger partial charge in [-0.05, 0) is 32.0 Å². The molecule has 0 aliphatic rings. The molecule has 2 aromatic heterocycles. The van der Waals surface area contributed by atoms with Gasteiger partial charge in [0, 0.05) is 11.9 Å². The Morgan fingerprint density at radius 3 is 2.67 bits per heavy atom. The molecule has 24 heavy (non-hydrogen) atoms. The highest BCUT2D eigenvalue weighted by molar-refractivity contribution is 6.04. The number of carbonyl (C=O) groups is 1. The molecule has 0 atom stereocenters. The summed E-state index contributed by atoms with van der Waals surface area (Å²) in [6.07, 6.45) is -3.03. The van der Waals surface area contributed by atoms with Crippen LogP contribution in [0.1, 0.15) is 27.4 Å². The van der Waals surface area contributed by atoms with Crippen LogP contribution in [0.15, 0.2) is 30.5 Å². The van der Waals surface area contributed by atoms with E-state index < -0.39 is 17.6 Å². The molecule has 1 amide bonds. The minimum atomic E-state index is -4.48. The van der Waals surface area contributed by atoms with Gasteiger partial charge < -0.3 is 5.32 Å². The van der Waals surface area contributed by atoms with Crippen molar-refractivity contribution in [1.82, 2.24) is 19.6 Å². The van der Waals surface area contributed by atoms with Crippen molar-refractivity contribution >= 4 is 17.4 Å². The molecule has 0 spiro atoms. The predicted octanol–water partition coefficient (Wildman–Crippen LogP) is 3.01. The van der Waals surface area contributed by atoms with Crippen molar-refractivity contribution in [2.75, 3.05) is 5.32 Å². The maximum atomic E-state index is 12.7. The second-order valence-corrected chi connectivity index (χ2v) is 5.18. The number of nitrogens with zero attached hydrogens (tertiary/aromatic N) is 4. The number of hydrogen-bond acceptors (Lipinski definition) is 4. The number of rotatable bonds is 2. The monoisotopic (exact) mass is 335 g/mol. The molecular formula is C15H12F3N5O. The number of aryl methyl sites for hydroxylation is 2. The summed E-state index contributed by atoms with van der Waals surface area (Å²) in [6, 6.07) is 4.42. The van der Waals surface area contributed by atoms with Gasteiger partial charge >= 0.3 is 6.18 Å². The first-order valence-corrected chi connectivity index (χ1v) is 6.93. The van der Waals surface area contributed by atoms with Crippen LogP contribution in [-0.2, 0) is 6.18 Å². The first kappa shape index (κ1) is 15.9. The molecule has 0 fully saturated rings. The van der Waals surface area contributed by atoms with Gasteiger partial charge in [-0.25, -0.2) is 9.50 Å². The van der Waals surface area contributed by atoms with E-state index in [0.29, 0.717) is 17.3 Å². The third-order valence-corrected chi connectivity index (χ3v) is 3.32. The van der Waals surface area contributed by atoms with Gasteiger partial charge in [0.2, 0.25) is 0 Å². The Balaban J connectivity index is 1.91. The van der Waals surface area contributed by atoms with Gasteiger partial charge in [-0.3, -0.25) is 4.79 Å². The number of carbonyl (C=O) groups excluding carboxylic acids is 1. The number of aromatic nitrogens is 4.